The topological polar surface area (TPSA) is 153 Å². The van der Waals surface area contributed by atoms with Crippen molar-refractivity contribution in [1.82, 2.24) is 9.97 Å². The number of benzene rings is 1. The second-order valence-corrected chi connectivity index (χ2v) is 10.6. The van der Waals surface area contributed by atoms with Gasteiger partial charge in [0, 0.05) is 6.42 Å². The molecule has 2 aromatic rings. The monoisotopic (exact) mass is 570 g/mol. The minimum atomic E-state index is -1.13. The number of para-hydroxylation sites is 2. The molecule has 3 N–H and O–H groups in total. The zero-order chi connectivity index (χ0) is 29.9. The van der Waals surface area contributed by atoms with Crippen LogP contribution in [-0.2, 0) is 23.9 Å². The van der Waals surface area contributed by atoms with Crippen LogP contribution in [0.1, 0.15) is 110 Å². The maximum atomic E-state index is 13.4. The summed E-state index contributed by atoms with van der Waals surface area (Å²) < 4.78 is 5.73. The van der Waals surface area contributed by atoms with Crippen LogP contribution in [0.3, 0.4) is 0 Å². The zero-order valence-corrected chi connectivity index (χ0v) is 24.3. The van der Waals surface area contributed by atoms with Crippen molar-refractivity contribution in [1.29, 1.82) is 0 Å². The summed E-state index contributed by atoms with van der Waals surface area (Å²) in [4.78, 5) is 58.3. The molecule has 0 spiro atoms. The Kier molecular flexibility index (Phi) is 16.0. The third-order valence-corrected chi connectivity index (χ3v) is 7.13. The van der Waals surface area contributed by atoms with Crippen LogP contribution in [0.25, 0.3) is 11.0 Å². The van der Waals surface area contributed by atoms with Gasteiger partial charge in [-0.15, -0.1) is 0 Å². The minimum absolute atomic E-state index is 0.0418. The van der Waals surface area contributed by atoms with Crippen LogP contribution in [0.2, 0.25) is 0 Å². The number of anilines is 1. The van der Waals surface area contributed by atoms with Crippen LogP contribution in [0.4, 0.5) is 5.82 Å². The second-order valence-electron chi connectivity index (χ2n) is 10.6. The first-order chi connectivity index (χ1) is 19.8. The average Bonchev–Trinajstić information content (AvgIpc) is 2.94. The number of fused-ring (bicyclic) bond motifs is 1. The van der Waals surface area contributed by atoms with Crippen molar-refractivity contribution in [3.8, 4) is 0 Å². The number of aliphatic carboxylic acids is 1. The molecule has 0 aliphatic heterocycles. The summed E-state index contributed by atoms with van der Waals surface area (Å²) in [6.45, 7) is 2.22. The van der Waals surface area contributed by atoms with Crippen LogP contribution in [0.15, 0.2) is 30.5 Å². The van der Waals surface area contributed by atoms with Crippen molar-refractivity contribution in [2.24, 2.45) is 5.73 Å². The van der Waals surface area contributed by atoms with Crippen LogP contribution in [0.5, 0.6) is 0 Å². The molecule has 0 saturated heterocycles. The number of amides is 2. The predicted octanol–water partition coefficient (Wildman–Crippen LogP) is 5.70. The van der Waals surface area contributed by atoms with Gasteiger partial charge >= 0.3 is 11.9 Å². The quantitative estimate of drug-likeness (QED) is 0.0979. The highest BCUT2D eigenvalue weighted by Crippen LogP contribution is 2.22. The lowest BCUT2D eigenvalue weighted by molar-refractivity contribution is -0.153. The number of carboxylic acids is 1. The average molecular weight is 571 g/mol. The van der Waals surface area contributed by atoms with Crippen molar-refractivity contribution >= 4 is 41.1 Å². The summed E-state index contributed by atoms with van der Waals surface area (Å²) in [6, 6.07) is 5.99. The molecule has 1 aromatic heterocycles. The van der Waals surface area contributed by atoms with E-state index in [4.69, 9.17) is 15.6 Å². The van der Waals surface area contributed by atoms with Crippen molar-refractivity contribution in [3.63, 3.8) is 0 Å². The molecule has 0 aliphatic carbocycles. The van der Waals surface area contributed by atoms with Gasteiger partial charge in [0.2, 0.25) is 12.3 Å². The summed E-state index contributed by atoms with van der Waals surface area (Å²) in [5.74, 6) is -2.18. The Labute approximate surface area is 243 Å². The van der Waals surface area contributed by atoms with Gasteiger partial charge in [0.1, 0.15) is 12.1 Å². The fourth-order valence-corrected chi connectivity index (χ4v) is 4.88. The molecule has 10 nitrogen and oxygen atoms in total. The maximum absolute atomic E-state index is 13.4. The number of nitrogens with two attached hydrogens (primary N) is 1. The number of ether oxygens (including phenoxy) is 1. The summed E-state index contributed by atoms with van der Waals surface area (Å²) in [5, 5.41) is 9.10. The fourth-order valence-electron chi connectivity index (χ4n) is 4.88. The number of carbonyl (C=O) groups is 4. The predicted molar refractivity (Wildman–Crippen MR) is 158 cm³/mol. The van der Waals surface area contributed by atoms with E-state index in [1.807, 2.05) is 6.07 Å². The summed E-state index contributed by atoms with van der Waals surface area (Å²) in [7, 11) is 0. The number of rotatable bonds is 23. The SMILES string of the molecule is CCCCCCCCCCCCC[C@@H](CC(N)=O)OC(=O)[C@H](CCCC(=O)O)N(C=O)c1cnc2ccccc2n1. The Morgan fingerprint density at radius 2 is 1.54 bits per heavy atom. The van der Waals surface area contributed by atoms with E-state index in [0.717, 1.165) is 30.6 Å². The molecular weight excluding hydrogens is 524 g/mol. The Bertz CT molecular complexity index is 1100. The first-order valence-corrected chi connectivity index (χ1v) is 15.0. The van der Waals surface area contributed by atoms with Crippen LogP contribution in [0, 0.1) is 0 Å². The van der Waals surface area contributed by atoms with Gasteiger partial charge in [0.25, 0.3) is 0 Å². The zero-order valence-electron chi connectivity index (χ0n) is 24.3. The van der Waals surface area contributed by atoms with Gasteiger partial charge in [-0.3, -0.25) is 24.3 Å². The molecule has 10 heteroatoms. The molecule has 0 fully saturated rings. The van der Waals surface area contributed by atoms with Gasteiger partial charge in [-0.2, -0.15) is 0 Å². The Hall–Kier alpha value is -3.56. The molecule has 41 heavy (non-hydrogen) atoms. The van der Waals surface area contributed by atoms with E-state index < -0.39 is 30.0 Å². The van der Waals surface area contributed by atoms with E-state index in [1.54, 1.807) is 18.2 Å². The number of hydrogen-bond acceptors (Lipinski definition) is 7. The lowest BCUT2D eigenvalue weighted by atomic mass is 10.0. The smallest absolute Gasteiger partial charge is 0.329 e. The number of carbonyl (C=O) groups excluding carboxylic acids is 3. The number of nitrogens with zero attached hydrogens (tertiary/aromatic N) is 3. The molecule has 1 heterocycles. The Morgan fingerprint density at radius 3 is 2.12 bits per heavy atom. The molecule has 2 atom stereocenters. The van der Waals surface area contributed by atoms with E-state index >= 15 is 0 Å². The van der Waals surface area contributed by atoms with Crippen molar-refractivity contribution in [3.05, 3.63) is 30.5 Å². The molecule has 226 valence electrons. The van der Waals surface area contributed by atoms with Gasteiger partial charge in [-0.25, -0.2) is 9.78 Å². The second kappa shape index (κ2) is 19.5. The molecule has 2 amide bonds. The maximum Gasteiger partial charge on any atom is 0.329 e. The van der Waals surface area contributed by atoms with Gasteiger partial charge in [0.15, 0.2) is 5.82 Å². The van der Waals surface area contributed by atoms with Gasteiger partial charge < -0.3 is 15.6 Å². The van der Waals surface area contributed by atoms with Gasteiger partial charge in [-0.1, -0.05) is 83.3 Å². The highest BCUT2D eigenvalue weighted by molar-refractivity contribution is 5.89. The first-order valence-electron chi connectivity index (χ1n) is 15.0. The molecular formula is C31H46N4O6. The molecule has 0 unspecified atom stereocenters. The molecule has 1 aromatic carbocycles. The Balaban J connectivity index is 1.99. The van der Waals surface area contributed by atoms with Crippen molar-refractivity contribution < 1.29 is 29.0 Å². The van der Waals surface area contributed by atoms with Crippen molar-refractivity contribution in [2.45, 2.75) is 122 Å². The third-order valence-electron chi connectivity index (χ3n) is 7.13. The lowest BCUT2D eigenvalue weighted by Crippen LogP contribution is -2.44. The summed E-state index contributed by atoms with van der Waals surface area (Å²) in [6.07, 6.45) is 14.4. The fraction of sp³-hybridized carbons (Fsp3) is 0.613. The van der Waals surface area contributed by atoms with E-state index in [0.29, 0.717) is 23.9 Å². The highest BCUT2D eigenvalue weighted by atomic mass is 16.5. The van der Waals surface area contributed by atoms with Crippen molar-refractivity contribution in [2.75, 3.05) is 4.90 Å². The number of unbranched alkanes of at least 4 members (excludes halogenated alkanes) is 10. The van der Waals surface area contributed by atoms with E-state index in [1.165, 1.54) is 51.1 Å². The molecule has 2 rings (SSSR count). The largest absolute Gasteiger partial charge is 0.481 e. The van der Waals surface area contributed by atoms with Crippen LogP contribution >= 0.6 is 0 Å². The number of carboxylic acid groups (broad SMARTS) is 1. The number of primary amides is 1. The van der Waals surface area contributed by atoms with Crippen LogP contribution in [-0.4, -0.2) is 51.5 Å². The highest BCUT2D eigenvalue weighted by Gasteiger charge is 2.31. The molecule has 0 radical (unpaired) electrons. The molecule has 0 bridgehead atoms. The minimum Gasteiger partial charge on any atom is -0.481 e. The normalized spacial score (nSPS) is 12.5. The lowest BCUT2D eigenvalue weighted by Gasteiger charge is -2.28. The van der Waals surface area contributed by atoms with Gasteiger partial charge in [0.05, 0.1) is 23.7 Å². The molecule has 0 aliphatic rings. The van der Waals surface area contributed by atoms with Gasteiger partial charge in [-0.05, 0) is 37.8 Å². The molecule has 0 saturated carbocycles. The number of hydrogen-bond donors (Lipinski definition) is 2. The van der Waals surface area contributed by atoms with Crippen LogP contribution < -0.4 is 10.6 Å². The summed E-state index contributed by atoms with van der Waals surface area (Å²) in [5.41, 5.74) is 6.60. The Morgan fingerprint density at radius 1 is 0.927 bits per heavy atom. The van der Waals surface area contributed by atoms with E-state index in [9.17, 15) is 19.2 Å². The van der Waals surface area contributed by atoms with E-state index in [-0.39, 0.29) is 31.5 Å². The third kappa shape index (κ3) is 13.1. The standard InChI is InChI=1S/C31H46N4O6/c1-2-3-4-5-6-7-8-9-10-11-12-16-24(21-28(32)37)41-31(40)27(19-15-20-30(38)39)35(23-36)29-22-33-25-17-13-14-18-26(25)34-29/h13-14,17-18,22-24,27H,2-12,15-16,19-21H2,1H3,(H2,32,37)(H,38,39)/t24-,27-/m0/s1. The first kappa shape index (κ1) is 33.6. The van der Waals surface area contributed by atoms with E-state index in [2.05, 4.69) is 16.9 Å². The number of aromatic nitrogens is 2. The number of esters is 1. The summed E-state index contributed by atoms with van der Waals surface area (Å²) >= 11 is 0.